The molecule has 164 valence electrons. The second-order valence-electron chi connectivity index (χ2n) is 7.34. The molecule has 2 aromatic carbocycles. The van der Waals surface area contributed by atoms with E-state index in [1.54, 1.807) is 30.3 Å². The standard InChI is InChI=1S/C24H13ClF2N2O4/c25-14-3-6-18-13(8-14)9-19(33-18)22(30)20-21(12-2-1-7-28-11-12)29(24(32)23(20)31)17-5-4-15(26)10-16(17)27/h1-11,21,31H. The number of amides is 1. The van der Waals surface area contributed by atoms with Crippen molar-refractivity contribution in [3.63, 3.8) is 0 Å². The molecule has 1 amide bonds. The topological polar surface area (TPSA) is 83.6 Å². The third-order valence-electron chi connectivity index (χ3n) is 5.32. The van der Waals surface area contributed by atoms with Crippen LogP contribution in [0.15, 0.2) is 82.7 Å². The largest absolute Gasteiger partial charge is 0.503 e. The van der Waals surface area contributed by atoms with Crippen molar-refractivity contribution in [1.29, 1.82) is 0 Å². The van der Waals surface area contributed by atoms with Crippen molar-refractivity contribution < 1.29 is 27.9 Å². The summed E-state index contributed by atoms with van der Waals surface area (Å²) in [5.74, 6) is -4.66. The number of pyridine rings is 1. The maximum Gasteiger partial charge on any atom is 0.294 e. The van der Waals surface area contributed by atoms with E-state index in [0.717, 1.165) is 17.0 Å². The van der Waals surface area contributed by atoms with Gasteiger partial charge in [-0.1, -0.05) is 17.7 Å². The highest BCUT2D eigenvalue weighted by molar-refractivity contribution is 6.31. The molecular weight excluding hydrogens is 454 g/mol. The number of rotatable bonds is 4. The number of aromatic nitrogens is 1. The van der Waals surface area contributed by atoms with Crippen LogP contribution >= 0.6 is 11.6 Å². The molecule has 0 saturated carbocycles. The Kier molecular flexibility index (Phi) is 4.94. The molecule has 1 aliphatic rings. The van der Waals surface area contributed by atoms with Gasteiger partial charge >= 0.3 is 0 Å². The van der Waals surface area contributed by atoms with Gasteiger partial charge in [-0.25, -0.2) is 8.78 Å². The predicted octanol–water partition coefficient (Wildman–Crippen LogP) is 5.54. The quantitative estimate of drug-likeness (QED) is 0.399. The molecule has 2 aromatic heterocycles. The molecule has 3 heterocycles. The highest BCUT2D eigenvalue weighted by Gasteiger charge is 2.46. The number of carbonyl (C=O) groups excluding carboxylic acids is 2. The first-order chi connectivity index (χ1) is 15.8. The maximum atomic E-state index is 14.7. The number of hydrogen-bond acceptors (Lipinski definition) is 5. The molecule has 0 aliphatic carbocycles. The van der Waals surface area contributed by atoms with Crippen molar-refractivity contribution in [3.05, 3.63) is 106 Å². The van der Waals surface area contributed by atoms with E-state index in [1.807, 2.05) is 0 Å². The third-order valence-corrected chi connectivity index (χ3v) is 5.56. The van der Waals surface area contributed by atoms with Crippen LogP contribution in [0.4, 0.5) is 14.5 Å². The van der Waals surface area contributed by atoms with Crippen molar-refractivity contribution in [3.8, 4) is 0 Å². The minimum Gasteiger partial charge on any atom is -0.503 e. The van der Waals surface area contributed by atoms with Crippen molar-refractivity contribution in [1.82, 2.24) is 4.98 Å². The lowest BCUT2D eigenvalue weighted by Gasteiger charge is -2.26. The van der Waals surface area contributed by atoms with Crippen molar-refractivity contribution >= 4 is 39.9 Å². The van der Waals surface area contributed by atoms with Crippen molar-refractivity contribution in [2.45, 2.75) is 6.04 Å². The van der Waals surface area contributed by atoms with Gasteiger partial charge in [-0.2, -0.15) is 0 Å². The van der Waals surface area contributed by atoms with Gasteiger partial charge in [0.05, 0.1) is 17.3 Å². The summed E-state index contributed by atoms with van der Waals surface area (Å²) < 4.78 is 33.8. The highest BCUT2D eigenvalue weighted by Crippen LogP contribution is 2.43. The number of ketones is 1. The van der Waals surface area contributed by atoms with Crippen LogP contribution < -0.4 is 4.90 Å². The van der Waals surface area contributed by atoms with Gasteiger partial charge in [-0.05, 0) is 48.0 Å². The van der Waals surface area contributed by atoms with Gasteiger partial charge in [0.2, 0.25) is 5.78 Å². The SMILES string of the molecule is O=C(C1=C(O)C(=O)N(c2ccc(F)cc2F)C1c1cccnc1)c1cc2cc(Cl)ccc2o1. The Morgan fingerprint density at radius 2 is 1.94 bits per heavy atom. The second kappa shape index (κ2) is 7.83. The summed E-state index contributed by atoms with van der Waals surface area (Å²) in [6, 6.07) is 10.8. The smallest absolute Gasteiger partial charge is 0.294 e. The highest BCUT2D eigenvalue weighted by atomic mass is 35.5. The number of benzene rings is 2. The fraction of sp³-hybridized carbons (Fsp3) is 0.0417. The van der Waals surface area contributed by atoms with Gasteiger partial charge in [-0.15, -0.1) is 0 Å². The van der Waals surface area contributed by atoms with Crippen LogP contribution in [-0.4, -0.2) is 21.8 Å². The van der Waals surface area contributed by atoms with Gasteiger partial charge in [0.25, 0.3) is 5.91 Å². The Morgan fingerprint density at radius 1 is 1.12 bits per heavy atom. The minimum atomic E-state index is -1.23. The van der Waals surface area contributed by atoms with Crippen LogP contribution in [0.1, 0.15) is 22.2 Å². The normalized spacial score (nSPS) is 16.2. The zero-order chi connectivity index (χ0) is 23.3. The number of halogens is 3. The Bertz CT molecular complexity index is 1470. The number of carbonyl (C=O) groups is 2. The molecule has 1 unspecified atom stereocenters. The number of furan rings is 1. The van der Waals surface area contributed by atoms with Gasteiger partial charge in [-0.3, -0.25) is 19.5 Å². The molecule has 1 aliphatic heterocycles. The lowest BCUT2D eigenvalue weighted by molar-refractivity contribution is -0.117. The lowest BCUT2D eigenvalue weighted by Crippen LogP contribution is -2.31. The number of Topliss-reactive ketones (excluding diaryl/α,β-unsaturated/α-hetero) is 1. The van der Waals surface area contributed by atoms with E-state index in [-0.39, 0.29) is 17.0 Å². The molecule has 0 radical (unpaired) electrons. The summed E-state index contributed by atoms with van der Waals surface area (Å²) >= 11 is 6.00. The second-order valence-corrected chi connectivity index (χ2v) is 7.78. The zero-order valence-electron chi connectivity index (χ0n) is 16.6. The number of hydrogen-bond donors (Lipinski definition) is 1. The Balaban J connectivity index is 1.67. The molecule has 1 atom stereocenters. The molecule has 0 spiro atoms. The minimum absolute atomic E-state index is 0.142. The first-order valence-corrected chi connectivity index (χ1v) is 10.1. The lowest BCUT2D eigenvalue weighted by atomic mass is 9.96. The monoisotopic (exact) mass is 466 g/mol. The summed E-state index contributed by atoms with van der Waals surface area (Å²) in [7, 11) is 0. The molecule has 9 heteroatoms. The van der Waals surface area contributed by atoms with E-state index in [0.29, 0.717) is 27.6 Å². The van der Waals surface area contributed by atoms with Crippen LogP contribution in [-0.2, 0) is 4.79 Å². The first kappa shape index (κ1) is 20.8. The summed E-state index contributed by atoms with van der Waals surface area (Å²) in [6.45, 7) is 0. The van der Waals surface area contributed by atoms with Crippen LogP contribution in [0, 0.1) is 11.6 Å². The number of nitrogens with zero attached hydrogens (tertiary/aromatic N) is 2. The Labute approximate surface area is 190 Å². The van der Waals surface area contributed by atoms with E-state index in [1.165, 1.54) is 18.5 Å². The van der Waals surface area contributed by atoms with E-state index in [9.17, 15) is 23.5 Å². The summed E-state index contributed by atoms with van der Waals surface area (Å²) in [5.41, 5.74) is 0.0931. The third kappa shape index (κ3) is 3.44. The average Bonchev–Trinajstić information content (AvgIpc) is 3.33. The Morgan fingerprint density at radius 3 is 2.67 bits per heavy atom. The average molecular weight is 467 g/mol. The van der Waals surface area contributed by atoms with Crippen LogP contribution in [0.25, 0.3) is 11.0 Å². The number of anilines is 1. The summed E-state index contributed by atoms with van der Waals surface area (Å²) in [5, 5.41) is 11.7. The van der Waals surface area contributed by atoms with E-state index in [2.05, 4.69) is 4.98 Å². The fourth-order valence-corrected chi connectivity index (χ4v) is 4.05. The van der Waals surface area contributed by atoms with E-state index in [4.69, 9.17) is 16.0 Å². The summed E-state index contributed by atoms with van der Waals surface area (Å²) in [4.78, 5) is 31.4. The zero-order valence-corrected chi connectivity index (χ0v) is 17.4. The van der Waals surface area contributed by atoms with E-state index >= 15 is 0 Å². The molecule has 5 rings (SSSR count). The molecule has 4 aromatic rings. The molecule has 33 heavy (non-hydrogen) atoms. The maximum absolute atomic E-state index is 14.7. The fourth-order valence-electron chi connectivity index (χ4n) is 3.87. The van der Waals surface area contributed by atoms with E-state index < -0.39 is 35.1 Å². The van der Waals surface area contributed by atoms with Gasteiger partial charge in [0, 0.05) is 28.9 Å². The Hall–Kier alpha value is -4.04. The number of aliphatic hydroxyl groups is 1. The number of fused-ring (bicyclic) bond motifs is 1. The van der Waals surface area contributed by atoms with Crippen LogP contribution in [0.2, 0.25) is 5.02 Å². The van der Waals surface area contributed by atoms with Gasteiger partial charge in [0.1, 0.15) is 17.2 Å². The number of aliphatic hydroxyl groups excluding tert-OH is 1. The first-order valence-electron chi connectivity index (χ1n) is 9.70. The molecular formula is C24H13ClF2N2O4. The van der Waals surface area contributed by atoms with Crippen molar-refractivity contribution in [2.24, 2.45) is 0 Å². The molecule has 1 N–H and O–H groups in total. The predicted molar refractivity (Wildman–Crippen MR) is 116 cm³/mol. The van der Waals surface area contributed by atoms with Crippen LogP contribution in [0.3, 0.4) is 0 Å². The molecule has 0 bridgehead atoms. The van der Waals surface area contributed by atoms with Crippen molar-refractivity contribution in [2.75, 3.05) is 4.90 Å². The molecule has 6 nitrogen and oxygen atoms in total. The van der Waals surface area contributed by atoms with Gasteiger partial charge < -0.3 is 9.52 Å². The van der Waals surface area contributed by atoms with Gasteiger partial charge in [0.15, 0.2) is 11.5 Å². The van der Waals surface area contributed by atoms with Crippen LogP contribution in [0.5, 0.6) is 0 Å². The molecule has 0 saturated heterocycles. The molecule has 0 fully saturated rings. The summed E-state index contributed by atoms with van der Waals surface area (Å²) in [6.07, 6.45) is 2.87.